The van der Waals surface area contributed by atoms with Crippen LogP contribution in [0.25, 0.3) is 0 Å². The highest BCUT2D eigenvalue weighted by Gasteiger charge is 2.38. The smallest absolute Gasteiger partial charge is 0.307 e. The van der Waals surface area contributed by atoms with Crippen LogP contribution in [0.4, 0.5) is 0 Å². The van der Waals surface area contributed by atoms with Gasteiger partial charge in [0.1, 0.15) is 6.04 Å². The lowest BCUT2D eigenvalue weighted by Crippen LogP contribution is -2.51. The van der Waals surface area contributed by atoms with Crippen molar-refractivity contribution < 1.29 is 24.2 Å². The lowest BCUT2D eigenvalue weighted by Gasteiger charge is -2.30. The van der Waals surface area contributed by atoms with Crippen LogP contribution in [-0.2, 0) is 19.1 Å². The number of carboxylic acid groups (broad SMARTS) is 1. The number of carbonyl (C=O) groups is 3. The van der Waals surface area contributed by atoms with Gasteiger partial charge < -0.3 is 20.1 Å². The molecule has 1 saturated carbocycles. The Morgan fingerprint density at radius 2 is 1.81 bits per heavy atom. The second-order valence-corrected chi connectivity index (χ2v) is 5.65. The summed E-state index contributed by atoms with van der Waals surface area (Å²) in [6, 6.07) is -0.634. The van der Waals surface area contributed by atoms with Gasteiger partial charge in [0.15, 0.2) is 0 Å². The Labute approximate surface area is 123 Å². The summed E-state index contributed by atoms with van der Waals surface area (Å²) in [4.78, 5) is 37.2. The summed E-state index contributed by atoms with van der Waals surface area (Å²) in [7, 11) is 0. The van der Waals surface area contributed by atoms with Crippen LogP contribution in [0.3, 0.4) is 0 Å². The minimum absolute atomic E-state index is 0.142. The van der Waals surface area contributed by atoms with Crippen molar-refractivity contribution in [2.45, 2.75) is 32.2 Å². The zero-order valence-electron chi connectivity index (χ0n) is 12.2. The maximum absolute atomic E-state index is 12.2. The van der Waals surface area contributed by atoms with E-state index in [-0.39, 0.29) is 11.8 Å². The van der Waals surface area contributed by atoms with Gasteiger partial charge in [0.25, 0.3) is 0 Å². The number of rotatable bonds is 4. The summed E-state index contributed by atoms with van der Waals surface area (Å²) in [5, 5.41) is 11.8. The van der Waals surface area contributed by atoms with Gasteiger partial charge in [-0.05, 0) is 19.8 Å². The van der Waals surface area contributed by atoms with Crippen LogP contribution in [0.2, 0.25) is 0 Å². The van der Waals surface area contributed by atoms with Gasteiger partial charge in [0, 0.05) is 13.1 Å². The predicted molar refractivity (Wildman–Crippen MR) is 73.5 cm³/mol. The van der Waals surface area contributed by atoms with Crippen molar-refractivity contribution >= 4 is 17.8 Å². The van der Waals surface area contributed by atoms with Gasteiger partial charge in [-0.3, -0.25) is 14.4 Å². The van der Waals surface area contributed by atoms with Crippen molar-refractivity contribution in [3.63, 3.8) is 0 Å². The molecule has 1 heterocycles. The molecule has 2 amide bonds. The van der Waals surface area contributed by atoms with E-state index in [1.165, 1.54) is 0 Å². The zero-order valence-corrected chi connectivity index (χ0v) is 12.2. The maximum atomic E-state index is 12.2. The van der Waals surface area contributed by atoms with E-state index in [0.29, 0.717) is 39.1 Å². The van der Waals surface area contributed by atoms with E-state index in [4.69, 9.17) is 9.84 Å². The molecule has 7 nitrogen and oxygen atoms in total. The molecule has 2 fully saturated rings. The standard InChI is InChI=1S/C14H22N2O5/c1-9(13(18)16-5-7-21-8-6-16)15-12(17)10-3-2-4-11(10)14(19)20/h9-11H,2-8H2,1H3,(H,15,17)(H,19,20)/t9?,10-,11+/m1/s1. The Morgan fingerprint density at radius 1 is 1.19 bits per heavy atom. The molecule has 0 aromatic rings. The number of nitrogens with one attached hydrogen (secondary N) is 1. The molecule has 0 spiro atoms. The molecule has 3 atom stereocenters. The lowest BCUT2D eigenvalue weighted by atomic mass is 9.95. The zero-order chi connectivity index (χ0) is 15.4. The van der Waals surface area contributed by atoms with Gasteiger partial charge in [-0.15, -0.1) is 0 Å². The summed E-state index contributed by atoms with van der Waals surface area (Å²) < 4.78 is 5.19. The molecular formula is C14H22N2O5. The highest BCUT2D eigenvalue weighted by atomic mass is 16.5. The molecule has 118 valence electrons. The van der Waals surface area contributed by atoms with Gasteiger partial charge in [0.05, 0.1) is 25.0 Å². The fraction of sp³-hybridized carbons (Fsp3) is 0.786. The van der Waals surface area contributed by atoms with E-state index in [9.17, 15) is 14.4 Å². The monoisotopic (exact) mass is 298 g/mol. The molecular weight excluding hydrogens is 276 g/mol. The largest absolute Gasteiger partial charge is 0.481 e. The van der Waals surface area contributed by atoms with Crippen LogP contribution in [-0.4, -0.2) is 60.1 Å². The Balaban J connectivity index is 1.89. The Hall–Kier alpha value is -1.63. The molecule has 1 aliphatic carbocycles. The number of nitrogens with zero attached hydrogens (tertiary/aromatic N) is 1. The van der Waals surface area contributed by atoms with Gasteiger partial charge in [-0.2, -0.15) is 0 Å². The summed E-state index contributed by atoms with van der Waals surface area (Å²) in [5.74, 6) is -2.55. The van der Waals surface area contributed by atoms with E-state index in [0.717, 1.165) is 6.42 Å². The first kappa shape index (κ1) is 15.8. The normalized spacial score (nSPS) is 27.2. The number of carbonyl (C=O) groups excluding carboxylic acids is 2. The molecule has 2 aliphatic rings. The maximum Gasteiger partial charge on any atom is 0.307 e. The fourth-order valence-corrected chi connectivity index (χ4v) is 3.01. The van der Waals surface area contributed by atoms with Crippen molar-refractivity contribution in [1.29, 1.82) is 0 Å². The molecule has 1 saturated heterocycles. The molecule has 2 rings (SSSR count). The quantitative estimate of drug-likeness (QED) is 0.752. The second-order valence-electron chi connectivity index (χ2n) is 5.65. The minimum Gasteiger partial charge on any atom is -0.481 e. The molecule has 1 aliphatic heterocycles. The number of morpholine rings is 1. The number of ether oxygens (including phenoxy) is 1. The highest BCUT2D eigenvalue weighted by molar-refractivity contribution is 5.90. The first-order valence-corrected chi connectivity index (χ1v) is 7.40. The van der Waals surface area contributed by atoms with E-state index in [2.05, 4.69) is 5.32 Å². The Kier molecular flexibility index (Phi) is 5.17. The van der Waals surface area contributed by atoms with Crippen LogP contribution in [0, 0.1) is 11.8 Å². The number of hydrogen-bond acceptors (Lipinski definition) is 4. The second kappa shape index (κ2) is 6.89. The topological polar surface area (TPSA) is 95.9 Å². The van der Waals surface area contributed by atoms with Crippen molar-refractivity contribution in [2.24, 2.45) is 11.8 Å². The summed E-state index contributed by atoms with van der Waals surface area (Å²) in [5.41, 5.74) is 0. The number of aliphatic carboxylic acids is 1. The van der Waals surface area contributed by atoms with Crippen molar-refractivity contribution in [3.05, 3.63) is 0 Å². The van der Waals surface area contributed by atoms with Crippen LogP contribution < -0.4 is 5.32 Å². The van der Waals surface area contributed by atoms with Crippen molar-refractivity contribution in [2.75, 3.05) is 26.3 Å². The van der Waals surface area contributed by atoms with Crippen molar-refractivity contribution in [1.82, 2.24) is 10.2 Å². The average molecular weight is 298 g/mol. The molecule has 7 heteroatoms. The molecule has 0 bridgehead atoms. The van der Waals surface area contributed by atoms with E-state index in [1.54, 1.807) is 11.8 Å². The first-order chi connectivity index (χ1) is 10.0. The van der Waals surface area contributed by atoms with Gasteiger partial charge in [-0.1, -0.05) is 6.42 Å². The van der Waals surface area contributed by atoms with Crippen LogP contribution in [0.15, 0.2) is 0 Å². The third-order valence-electron chi connectivity index (χ3n) is 4.22. The van der Waals surface area contributed by atoms with Gasteiger partial charge in [0.2, 0.25) is 11.8 Å². The summed E-state index contributed by atoms with van der Waals surface area (Å²) in [6.07, 6.45) is 1.83. The predicted octanol–water partition coefficient (Wildman–Crippen LogP) is -0.149. The molecule has 1 unspecified atom stereocenters. The Morgan fingerprint density at radius 3 is 2.43 bits per heavy atom. The highest BCUT2D eigenvalue weighted by Crippen LogP contribution is 2.32. The van der Waals surface area contributed by atoms with Crippen molar-refractivity contribution in [3.8, 4) is 0 Å². The lowest BCUT2D eigenvalue weighted by molar-refractivity contribution is -0.146. The number of amides is 2. The minimum atomic E-state index is -0.931. The van der Waals surface area contributed by atoms with Crippen LogP contribution in [0.1, 0.15) is 26.2 Å². The molecule has 0 radical (unpaired) electrons. The first-order valence-electron chi connectivity index (χ1n) is 7.40. The summed E-state index contributed by atoms with van der Waals surface area (Å²) in [6.45, 7) is 3.72. The molecule has 0 aromatic heterocycles. The molecule has 0 aromatic carbocycles. The number of hydrogen-bond donors (Lipinski definition) is 2. The summed E-state index contributed by atoms with van der Waals surface area (Å²) >= 11 is 0. The fourth-order valence-electron chi connectivity index (χ4n) is 3.01. The molecule has 21 heavy (non-hydrogen) atoms. The van der Waals surface area contributed by atoms with Crippen LogP contribution in [0.5, 0.6) is 0 Å². The SMILES string of the molecule is CC(NC(=O)[C@@H]1CCC[C@@H]1C(=O)O)C(=O)N1CCOCC1. The van der Waals surface area contributed by atoms with Gasteiger partial charge >= 0.3 is 5.97 Å². The van der Waals surface area contributed by atoms with E-state index in [1.807, 2.05) is 0 Å². The Bertz CT molecular complexity index is 420. The third kappa shape index (κ3) is 3.72. The number of carboxylic acids is 1. The van der Waals surface area contributed by atoms with E-state index < -0.39 is 23.8 Å². The van der Waals surface area contributed by atoms with Gasteiger partial charge in [-0.25, -0.2) is 0 Å². The molecule has 2 N–H and O–H groups in total. The van der Waals surface area contributed by atoms with Crippen LogP contribution >= 0.6 is 0 Å². The average Bonchev–Trinajstić information content (AvgIpc) is 2.97. The van der Waals surface area contributed by atoms with E-state index >= 15 is 0 Å². The third-order valence-corrected chi connectivity index (χ3v) is 4.22.